The summed E-state index contributed by atoms with van der Waals surface area (Å²) in [5.41, 5.74) is 14.0. The van der Waals surface area contributed by atoms with Gasteiger partial charge in [-0.1, -0.05) is 24.3 Å². The number of benzene rings is 3. The second-order valence-corrected chi connectivity index (χ2v) is 8.24. The third-order valence-corrected chi connectivity index (χ3v) is 5.69. The number of hydrogen-bond acceptors (Lipinski definition) is 6. The van der Waals surface area contributed by atoms with Crippen molar-refractivity contribution in [1.82, 2.24) is 0 Å². The first kappa shape index (κ1) is 24.9. The van der Waals surface area contributed by atoms with Crippen molar-refractivity contribution in [3.05, 3.63) is 88.4 Å². The molecular weight excluding hydrogens is 467 g/mol. The number of carboxylic acid groups (broad SMARTS) is 1. The number of nitrogens with two attached hydrogens (primary N) is 2. The summed E-state index contributed by atoms with van der Waals surface area (Å²) in [5, 5.41) is 9.95. The molecule has 36 heavy (non-hydrogen) atoms. The molecule has 0 aliphatic heterocycles. The lowest BCUT2D eigenvalue weighted by molar-refractivity contribution is -0.136. The minimum Gasteiger partial charge on any atom is -0.489 e. The minimum absolute atomic E-state index is 0.0146. The zero-order chi connectivity index (χ0) is 25.8. The molecule has 0 saturated heterocycles. The van der Waals surface area contributed by atoms with E-state index in [4.69, 9.17) is 25.4 Å². The molecule has 0 spiro atoms. The maximum atomic E-state index is 15.2. The largest absolute Gasteiger partial charge is 0.489 e. The van der Waals surface area contributed by atoms with Crippen LogP contribution in [0.2, 0.25) is 0 Å². The summed E-state index contributed by atoms with van der Waals surface area (Å²) in [6.45, 7) is 0.297. The zero-order valence-corrected chi connectivity index (χ0v) is 19.5. The Balaban J connectivity index is 1.77. The number of fused-ring (bicyclic) bond motifs is 1. The summed E-state index contributed by atoms with van der Waals surface area (Å²) < 4.78 is 32.3. The van der Waals surface area contributed by atoms with Gasteiger partial charge >= 0.3 is 5.97 Å². The van der Waals surface area contributed by atoms with E-state index in [1.54, 1.807) is 37.4 Å². The fourth-order valence-corrected chi connectivity index (χ4v) is 4.02. The number of furan rings is 1. The summed E-state index contributed by atoms with van der Waals surface area (Å²) in [6.07, 6.45) is -0.294. The summed E-state index contributed by atoms with van der Waals surface area (Å²) in [7, 11) is 1.55. The van der Waals surface area contributed by atoms with Crippen molar-refractivity contribution in [3.8, 4) is 16.9 Å². The van der Waals surface area contributed by atoms with Gasteiger partial charge < -0.3 is 30.5 Å². The van der Waals surface area contributed by atoms with Gasteiger partial charge in [0.2, 0.25) is 5.91 Å². The van der Waals surface area contributed by atoms with Gasteiger partial charge in [0.1, 0.15) is 36.1 Å². The Hall–Kier alpha value is -4.21. The van der Waals surface area contributed by atoms with Gasteiger partial charge in [-0.25, -0.2) is 4.39 Å². The van der Waals surface area contributed by atoms with Gasteiger partial charge in [0.25, 0.3) is 0 Å². The Morgan fingerprint density at radius 2 is 1.83 bits per heavy atom. The molecule has 8 nitrogen and oxygen atoms in total. The highest BCUT2D eigenvalue weighted by Gasteiger charge is 2.18. The van der Waals surface area contributed by atoms with Crippen LogP contribution >= 0.6 is 0 Å². The molecular formula is C27H25FN2O6. The molecule has 186 valence electrons. The van der Waals surface area contributed by atoms with E-state index in [0.29, 0.717) is 44.5 Å². The lowest BCUT2D eigenvalue weighted by Gasteiger charge is -2.14. The molecule has 0 atom stereocenters. The number of carbonyl (C=O) groups excluding carboxylic acids is 1. The number of hydrogen-bond donors (Lipinski definition) is 3. The predicted molar refractivity (Wildman–Crippen MR) is 131 cm³/mol. The Bertz CT molecular complexity index is 1450. The number of methoxy groups -OCH3 is 1. The van der Waals surface area contributed by atoms with Gasteiger partial charge in [0, 0.05) is 46.9 Å². The number of amides is 1. The second kappa shape index (κ2) is 10.6. The highest BCUT2D eigenvalue weighted by molar-refractivity contribution is 5.94. The van der Waals surface area contributed by atoms with E-state index in [2.05, 4.69) is 0 Å². The topological polar surface area (TPSA) is 138 Å². The molecule has 0 bridgehead atoms. The van der Waals surface area contributed by atoms with Crippen molar-refractivity contribution in [3.63, 3.8) is 0 Å². The molecule has 1 amide bonds. The third-order valence-electron chi connectivity index (χ3n) is 5.69. The van der Waals surface area contributed by atoms with Crippen LogP contribution in [0.25, 0.3) is 22.1 Å². The van der Waals surface area contributed by atoms with E-state index in [1.807, 2.05) is 6.07 Å². The van der Waals surface area contributed by atoms with E-state index < -0.39 is 17.7 Å². The molecule has 5 N–H and O–H groups in total. The van der Waals surface area contributed by atoms with Crippen molar-refractivity contribution in [2.24, 2.45) is 11.5 Å². The molecule has 1 heterocycles. The maximum absolute atomic E-state index is 15.2. The Morgan fingerprint density at radius 3 is 2.53 bits per heavy atom. The molecule has 0 fully saturated rings. The molecule has 0 unspecified atom stereocenters. The van der Waals surface area contributed by atoms with Gasteiger partial charge in [-0.2, -0.15) is 0 Å². The average molecular weight is 493 g/mol. The molecule has 0 aliphatic rings. The van der Waals surface area contributed by atoms with Crippen LogP contribution in [0.3, 0.4) is 0 Å². The van der Waals surface area contributed by atoms with Gasteiger partial charge in [-0.3, -0.25) is 9.59 Å². The van der Waals surface area contributed by atoms with Gasteiger partial charge in [-0.15, -0.1) is 0 Å². The van der Waals surface area contributed by atoms with Crippen LogP contribution < -0.4 is 16.2 Å². The molecule has 4 rings (SSSR count). The van der Waals surface area contributed by atoms with E-state index >= 15 is 4.39 Å². The molecule has 0 saturated carbocycles. The van der Waals surface area contributed by atoms with Gasteiger partial charge in [0.15, 0.2) is 0 Å². The van der Waals surface area contributed by atoms with Crippen LogP contribution in [0, 0.1) is 5.82 Å². The first-order valence-corrected chi connectivity index (χ1v) is 11.1. The summed E-state index contributed by atoms with van der Waals surface area (Å²) in [6, 6.07) is 14.7. The SMILES string of the molecule is COCc1cc2cc(COc3cc(C(N)=O)ccc3CC(=O)O)cc(-c3cccc(CN)c3F)c2o1. The maximum Gasteiger partial charge on any atom is 0.307 e. The Labute approximate surface area is 206 Å². The van der Waals surface area contributed by atoms with Crippen molar-refractivity contribution in [1.29, 1.82) is 0 Å². The highest BCUT2D eigenvalue weighted by atomic mass is 19.1. The van der Waals surface area contributed by atoms with Crippen LogP contribution in [0.15, 0.2) is 59.0 Å². The lowest BCUT2D eigenvalue weighted by Crippen LogP contribution is -2.12. The van der Waals surface area contributed by atoms with E-state index in [0.717, 1.165) is 0 Å². The monoisotopic (exact) mass is 492 g/mol. The number of carbonyl (C=O) groups is 2. The van der Waals surface area contributed by atoms with Crippen molar-refractivity contribution < 1.29 is 33.0 Å². The first-order valence-electron chi connectivity index (χ1n) is 11.1. The number of aliphatic carboxylic acids is 1. The first-order chi connectivity index (χ1) is 17.3. The quantitative estimate of drug-likeness (QED) is 0.302. The highest BCUT2D eigenvalue weighted by Crippen LogP contribution is 2.35. The number of carboxylic acids is 1. The molecule has 1 aromatic heterocycles. The second-order valence-electron chi connectivity index (χ2n) is 8.24. The number of primary amides is 1. The van der Waals surface area contributed by atoms with E-state index in [1.165, 1.54) is 18.2 Å². The summed E-state index contributed by atoms with van der Waals surface area (Å²) in [5.74, 6) is -1.36. The van der Waals surface area contributed by atoms with Crippen LogP contribution in [0.5, 0.6) is 5.75 Å². The Morgan fingerprint density at radius 1 is 1.03 bits per heavy atom. The normalized spacial score (nSPS) is 11.1. The lowest BCUT2D eigenvalue weighted by atomic mass is 9.98. The van der Waals surface area contributed by atoms with Crippen molar-refractivity contribution in [2.75, 3.05) is 7.11 Å². The van der Waals surface area contributed by atoms with Gasteiger partial charge in [0.05, 0.1) is 6.42 Å². The summed E-state index contributed by atoms with van der Waals surface area (Å²) in [4.78, 5) is 22.9. The number of halogens is 1. The molecule has 4 aromatic rings. The van der Waals surface area contributed by atoms with Crippen molar-refractivity contribution in [2.45, 2.75) is 26.2 Å². The molecule has 0 aliphatic carbocycles. The van der Waals surface area contributed by atoms with Crippen LogP contribution in [-0.2, 0) is 35.7 Å². The smallest absolute Gasteiger partial charge is 0.307 e. The Kier molecular flexibility index (Phi) is 7.33. The molecule has 9 heteroatoms. The third kappa shape index (κ3) is 5.22. The molecule has 0 radical (unpaired) electrons. The van der Waals surface area contributed by atoms with Crippen LogP contribution in [-0.4, -0.2) is 24.1 Å². The standard InChI is InChI=1S/C27H25FN2O6/c1-34-14-20-9-19-7-15(8-22(26(19)36-20)21-4-2-3-18(12-29)25(21)28)13-35-23-10-17(27(30)33)6-5-16(23)11-24(31)32/h2-10H,11-14,29H2,1H3,(H2,30,33)(H,31,32). The van der Waals surface area contributed by atoms with Gasteiger partial charge in [-0.05, 0) is 35.9 Å². The summed E-state index contributed by atoms with van der Waals surface area (Å²) >= 11 is 0. The van der Waals surface area contributed by atoms with Crippen LogP contribution in [0.4, 0.5) is 4.39 Å². The molecule has 3 aromatic carbocycles. The average Bonchev–Trinajstić information content (AvgIpc) is 3.25. The predicted octanol–water partition coefficient (Wildman–Crippen LogP) is 4.15. The number of rotatable bonds is 10. The number of ether oxygens (including phenoxy) is 2. The minimum atomic E-state index is -1.05. The fraction of sp³-hybridized carbons (Fsp3) is 0.185. The zero-order valence-electron chi connectivity index (χ0n) is 19.5. The van der Waals surface area contributed by atoms with E-state index in [9.17, 15) is 14.7 Å². The van der Waals surface area contributed by atoms with E-state index in [-0.39, 0.29) is 37.5 Å². The van der Waals surface area contributed by atoms with Crippen molar-refractivity contribution >= 4 is 22.8 Å². The van der Waals surface area contributed by atoms with Crippen LogP contribution in [0.1, 0.15) is 32.8 Å². The fourth-order valence-electron chi connectivity index (χ4n) is 4.02.